The van der Waals surface area contributed by atoms with Gasteiger partial charge in [0.1, 0.15) is 11.6 Å². The van der Waals surface area contributed by atoms with Crippen LogP contribution in [0.25, 0.3) is 22.2 Å². The van der Waals surface area contributed by atoms with E-state index in [9.17, 15) is 14.3 Å². The number of rotatable bonds is 4. The highest BCUT2D eigenvalue weighted by atomic mass is 19.1. The maximum atomic E-state index is 13.6. The smallest absolute Gasteiger partial charge is 0.336 e. The van der Waals surface area contributed by atoms with E-state index in [-0.39, 0.29) is 5.56 Å². The second-order valence-corrected chi connectivity index (χ2v) is 5.41. The zero-order valence-electron chi connectivity index (χ0n) is 13.3. The first-order valence-electron chi connectivity index (χ1n) is 7.54. The molecular formula is C19H16FNO3. The van der Waals surface area contributed by atoms with Gasteiger partial charge in [-0.1, -0.05) is 13.0 Å². The fraction of sp³-hybridized carbons (Fsp3) is 0.158. The van der Waals surface area contributed by atoms with Crippen molar-refractivity contribution in [2.45, 2.75) is 13.3 Å². The van der Waals surface area contributed by atoms with Crippen molar-refractivity contribution in [3.63, 3.8) is 0 Å². The Bertz CT molecular complexity index is 937. The Hall–Kier alpha value is -2.95. The molecule has 3 aromatic rings. The highest BCUT2D eigenvalue weighted by Gasteiger charge is 2.16. The summed E-state index contributed by atoms with van der Waals surface area (Å²) in [6.07, 6.45) is 0.800. The van der Waals surface area contributed by atoms with Crippen LogP contribution in [-0.2, 0) is 6.42 Å². The summed E-state index contributed by atoms with van der Waals surface area (Å²) in [5.41, 5.74) is 2.50. The molecule has 0 radical (unpaired) electrons. The van der Waals surface area contributed by atoms with Crippen molar-refractivity contribution in [3.8, 4) is 17.0 Å². The molecule has 0 aliphatic heterocycles. The van der Waals surface area contributed by atoms with Gasteiger partial charge < -0.3 is 9.84 Å². The van der Waals surface area contributed by atoms with Crippen LogP contribution in [0.3, 0.4) is 0 Å². The lowest BCUT2D eigenvalue weighted by molar-refractivity contribution is 0.0699. The number of hydrogen-bond acceptors (Lipinski definition) is 3. The van der Waals surface area contributed by atoms with E-state index < -0.39 is 11.8 Å². The number of benzene rings is 2. The molecule has 0 spiro atoms. The van der Waals surface area contributed by atoms with E-state index in [1.165, 1.54) is 31.4 Å². The summed E-state index contributed by atoms with van der Waals surface area (Å²) in [7, 11) is 1.48. The normalized spacial score (nSPS) is 10.8. The topological polar surface area (TPSA) is 59.4 Å². The number of ether oxygens (including phenoxy) is 1. The van der Waals surface area contributed by atoms with E-state index >= 15 is 0 Å². The first-order valence-corrected chi connectivity index (χ1v) is 7.54. The van der Waals surface area contributed by atoms with Gasteiger partial charge in [0.15, 0.2) is 0 Å². The number of halogens is 1. The van der Waals surface area contributed by atoms with Crippen molar-refractivity contribution in [2.24, 2.45) is 0 Å². The highest BCUT2D eigenvalue weighted by Crippen LogP contribution is 2.32. The molecule has 0 saturated carbocycles. The molecule has 2 aromatic carbocycles. The summed E-state index contributed by atoms with van der Waals surface area (Å²) in [5, 5.41) is 10.1. The maximum Gasteiger partial charge on any atom is 0.336 e. The van der Waals surface area contributed by atoms with Gasteiger partial charge in [0.05, 0.1) is 23.9 Å². The largest absolute Gasteiger partial charge is 0.496 e. The van der Waals surface area contributed by atoms with Crippen LogP contribution in [0.5, 0.6) is 5.75 Å². The van der Waals surface area contributed by atoms with Crippen molar-refractivity contribution < 1.29 is 19.0 Å². The molecule has 1 aromatic heterocycles. The molecule has 0 saturated heterocycles. The van der Waals surface area contributed by atoms with E-state index in [4.69, 9.17) is 4.74 Å². The summed E-state index contributed by atoms with van der Waals surface area (Å²) in [6.45, 7) is 2.00. The second kappa shape index (κ2) is 6.28. The van der Waals surface area contributed by atoms with E-state index in [1.807, 2.05) is 19.1 Å². The number of aromatic nitrogens is 1. The lowest BCUT2D eigenvalue weighted by atomic mass is 10.0. The minimum absolute atomic E-state index is 0.136. The molecule has 1 N–H and O–H groups in total. The molecule has 0 aliphatic rings. The number of carboxylic acid groups (broad SMARTS) is 1. The van der Waals surface area contributed by atoms with Gasteiger partial charge in [0.2, 0.25) is 0 Å². The summed E-state index contributed by atoms with van der Waals surface area (Å²) in [4.78, 5) is 16.2. The minimum Gasteiger partial charge on any atom is -0.496 e. The number of carboxylic acids is 1. The van der Waals surface area contributed by atoms with Gasteiger partial charge in [-0.2, -0.15) is 0 Å². The molecule has 0 atom stereocenters. The Morgan fingerprint density at radius 3 is 2.67 bits per heavy atom. The number of nitrogens with zero attached hydrogens (tertiary/aromatic N) is 1. The monoisotopic (exact) mass is 325 g/mol. The van der Waals surface area contributed by atoms with Crippen LogP contribution in [0, 0.1) is 5.82 Å². The molecule has 0 amide bonds. The molecular weight excluding hydrogens is 309 g/mol. The third kappa shape index (κ3) is 2.80. The zero-order chi connectivity index (χ0) is 17.3. The number of aryl methyl sites for hydroxylation is 1. The SMILES string of the molecule is CCc1ccc2nc(-c3cc(F)ccc3OC)cc(C(=O)O)c2c1. The number of fused-ring (bicyclic) bond motifs is 1. The third-order valence-electron chi connectivity index (χ3n) is 3.95. The van der Waals surface area contributed by atoms with Crippen LogP contribution in [-0.4, -0.2) is 23.2 Å². The zero-order valence-corrected chi connectivity index (χ0v) is 13.3. The van der Waals surface area contributed by atoms with Crippen molar-refractivity contribution in [1.82, 2.24) is 4.98 Å². The summed E-state index contributed by atoms with van der Waals surface area (Å²) < 4.78 is 18.9. The van der Waals surface area contributed by atoms with Gasteiger partial charge >= 0.3 is 5.97 Å². The lowest BCUT2D eigenvalue weighted by Crippen LogP contribution is -2.01. The predicted molar refractivity (Wildman–Crippen MR) is 90.0 cm³/mol. The first-order chi connectivity index (χ1) is 11.5. The molecule has 1 heterocycles. The van der Waals surface area contributed by atoms with Gasteiger partial charge in [-0.25, -0.2) is 14.2 Å². The Balaban J connectivity index is 2.31. The minimum atomic E-state index is -1.05. The van der Waals surface area contributed by atoms with Crippen molar-refractivity contribution in [2.75, 3.05) is 7.11 Å². The number of methoxy groups -OCH3 is 1. The Morgan fingerprint density at radius 2 is 2.00 bits per heavy atom. The molecule has 0 unspecified atom stereocenters. The highest BCUT2D eigenvalue weighted by molar-refractivity contribution is 6.04. The summed E-state index contributed by atoms with van der Waals surface area (Å²) in [5.74, 6) is -1.05. The molecule has 122 valence electrons. The van der Waals surface area contributed by atoms with Crippen LogP contribution in [0.2, 0.25) is 0 Å². The van der Waals surface area contributed by atoms with Crippen LogP contribution >= 0.6 is 0 Å². The maximum absolute atomic E-state index is 13.6. The van der Waals surface area contributed by atoms with Crippen molar-refractivity contribution >= 4 is 16.9 Å². The van der Waals surface area contributed by atoms with Gasteiger partial charge in [-0.3, -0.25) is 0 Å². The van der Waals surface area contributed by atoms with Gasteiger partial charge in [0.25, 0.3) is 0 Å². The first kappa shape index (κ1) is 15.9. The molecule has 5 heteroatoms. The molecule has 4 nitrogen and oxygen atoms in total. The Morgan fingerprint density at radius 1 is 1.21 bits per heavy atom. The second-order valence-electron chi connectivity index (χ2n) is 5.41. The van der Waals surface area contributed by atoms with E-state index in [0.717, 1.165) is 12.0 Å². The number of carbonyl (C=O) groups is 1. The molecule has 24 heavy (non-hydrogen) atoms. The van der Waals surface area contributed by atoms with E-state index in [1.54, 1.807) is 6.07 Å². The third-order valence-corrected chi connectivity index (χ3v) is 3.95. The van der Waals surface area contributed by atoms with Gasteiger partial charge in [-0.15, -0.1) is 0 Å². The molecule has 0 bridgehead atoms. The van der Waals surface area contributed by atoms with E-state index in [0.29, 0.717) is 27.9 Å². The molecule has 0 aliphatic carbocycles. The molecule has 3 rings (SSSR count). The number of hydrogen-bond donors (Lipinski definition) is 1. The quantitative estimate of drug-likeness (QED) is 0.776. The van der Waals surface area contributed by atoms with Crippen LogP contribution in [0.4, 0.5) is 4.39 Å². The molecule has 0 fully saturated rings. The van der Waals surface area contributed by atoms with Crippen molar-refractivity contribution in [1.29, 1.82) is 0 Å². The summed E-state index contributed by atoms with van der Waals surface area (Å²) in [6, 6.07) is 11.1. The average Bonchev–Trinajstić information content (AvgIpc) is 2.60. The Kier molecular flexibility index (Phi) is 4.16. The summed E-state index contributed by atoms with van der Waals surface area (Å²) >= 11 is 0. The van der Waals surface area contributed by atoms with Crippen molar-refractivity contribution in [3.05, 3.63) is 59.4 Å². The fourth-order valence-corrected chi connectivity index (χ4v) is 2.69. The number of aromatic carboxylic acids is 1. The van der Waals surface area contributed by atoms with Gasteiger partial charge in [-0.05, 0) is 48.4 Å². The number of pyridine rings is 1. The average molecular weight is 325 g/mol. The fourth-order valence-electron chi connectivity index (χ4n) is 2.69. The van der Waals surface area contributed by atoms with Crippen LogP contribution in [0.15, 0.2) is 42.5 Å². The standard InChI is InChI=1S/C19H16FNO3/c1-3-11-4-6-16-13(8-11)14(19(22)23)10-17(21-16)15-9-12(20)5-7-18(15)24-2/h4-10H,3H2,1-2H3,(H,22,23). The lowest BCUT2D eigenvalue weighted by Gasteiger charge is -2.11. The van der Waals surface area contributed by atoms with Crippen LogP contribution in [0.1, 0.15) is 22.8 Å². The van der Waals surface area contributed by atoms with Gasteiger partial charge in [0, 0.05) is 10.9 Å². The Labute approximate surface area is 138 Å². The van der Waals surface area contributed by atoms with Crippen LogP contribution < -0.4 is 4.74 Å². The predicted octanol–water partition coefficient (Wildman–Crippen LogP) is 4.31. The van der Waals surface area contributed by atoms with E-state index in [2.05, 4.69) is 4.98 Å².